The highest BCUT2D eigenvalue weighted by molar-refractivity contribution is 5.77. The average Bonchev–Trinajstić information content (AvgIpc) is 2.15. The first-order valence-corrected chi connectivity index (χ1v) is 4.81. The van der Waals surface area contributed by atoms with Crippen LogP contribution in [-0.4, -0.2) is 28.2 Å². The lowest BCUT2D eigenvalue weighted by atomic mass is 9.74. The summed E-state index contributed by atoms with van der Waals surface area (Å²) in [6.07, 6.45) is 1.46. The van der Waals surface area contributed by atoms with Gasteiger partial charge in [0.1, 0.15) is 6.04 Å². The number of allylic oxidation sites excluding steroid dienone is 1. The predicted octanol–water partition coefficient (Wildman–Crippen LogP) is 0.455. The van der Waals surface area contributed by atoms with Crippen molar-refractivity contribution in [3.63, 3.8) is 0 Å². The van der Waals surface area contributed by atoms with Gasteiger partial charge < -0.3 is 15.9 Å². The molecule has 0 saturated heterocycles. The van der Waals surface area contributed by atoms with Gasteiger partial charge in [-0.3, -0.25) is 9.59 Å². The minimum atomic E-state index is -1.15. The lowest BCUT2D eigenvalue weighted by molar-refractivity contribution is -0.147. The zero-order valence-electron chi connectivity index (χ0n) is 8.35. The molecular weight excluding hydrogens is 198 g/mol. The van der Waals surface area contributed by atoms with Crippen molar-refractivity contribution in [2.45, 2.75) is 25.3 Å². The van der Waals surface area contributed by atoms with Gasteiger partial charge in [-0.2, -0.15) is 0 Å². The normalized spacial score (nSPS) is 28.5. The third kappa shape index (κ3) is 2.56. The Labute approximate surface area is 87.6 Å². The van der Waals surface area contributed by atoms with E-state index in [0.717, 1.165) is 5.57 Å². The molecule has 0 aromatic rings. The molecule has 3 atom stereocenters. The van der Waals surface area contributed by atoms with E-state index in [-0.39, 0.29) is 0 Å². The second-order valence-electron chi connectivity index (χ2n) is 3.97. The molecule has 1 aliphatic carbocycles. The van der Waals surface area contributed by atoms with E-state index in [4.69, 9.17) is 15.9 Å². The summed E-state index contributed by atoms with van der Waals surface area (Å²) in [7, 11) is 0. The molecule has 84 valence electrons. The van der Waals surface area contributed by atoms with E-state index in [1.54, 1.807) is 0 Å². The van der Waals surface area contributed by atoms with Crippen LogP contribution in [0, 0.1) is 11.8 Å². The van der Waals surface area contributed by atoms with E-state index in [0.29, 0.717) is 19.3 Å². The lowest BCUT2D eigenvalue weighted by Crippen LogP contribution is -2.45. The van der Waals surface area contributed by atoms with Gasteiger partial charge >= 0.3 is 11.9 Å². The van der Waals surface area contributed by atoms with Gasteiger partial charge in [-0.1, -0.05) is 12.2 Å². The molecule has 0 radical (unpaired) electrons. The van der Waals surface area contributed by atoms with Crippen LogP contribution in [0.2, 0.25) is 0 Å². The SMILES string of the molecule is C=C1CCC(C(=O)O)C([C@H](N)C(=O)O)C1. The van der Waals surface area contributed by atoms with Crippen molar-refractivity contribution in [2.75, 3.05) is 0 Å². The van der Waals surface area contributed by atoms with Crippen molar-refractivity contribution in [3.05, 3.63) is 12.2 Å². The molecule has 0 aromatic heterocycles. The van der Waals surface area contributed by atoms with Crippen LogP contribution in [0.15, 0.2) is 12.2 Å². The molecule has 5 nitrogen and oxygen atoms in total. The number of rotatable bonds is 3. The second-order valence-corrected chi connectivity index (χ2v) is 3.97. The van der Waals surface area contributed by atoms with Gasteiger partial charge in [0.25, 0.3) is 0 Å². The molecule has 0 heterocycles. The van der Waals surface area contributed by atoms with Gasteiger partial charge in [0.05, 0.1) is 5.92 Å². The fraction of sp³-hybridized carbons (Fsp3) is 0.600. The fourth-order valence-corrected chi connectivity index (χ4v) is 2.02. The van der Waals surface area contributed by atoms with Crippen LogP contribution in [0.1, 0.15) is 19.3 Å². The molecule has 5 heteroatoms. The maximum atomic E-state index is 10.9. The number of hydrogen-bond donors (Lipinski definition) is 3. The summed E-state index contributed by atoms with van der Waals surface area (Å²) >= 11 is 0. The fourth-order valence-electron chi connectivity index (χ4n) is 2.02. The smallest absolute Gasteiger partial charge is 0.320 e. The van der Waals surface area contributed by atoms with E-state index in [2.05, 4.69) is 6.58 Å². The molecule has 2 unspecified atom stereocenters. The topological polar surface area (TPSA) is 101 Å². The van der Waals surface area contributed by atoms with Crippen molar-refractivity contribution in [2.24, 2.45) is 17.6 Å². The number of aliphatic carboxylic acids is 2. The summed E-state index contributed by atoms with van der Waals surface area (Å²) in [5, 5.41) is 17.7. The Kier molecular flexibility index (Phi) is 3.47. The zero-order chi connectivity index (χ0) is 11.6. The maximum Gasteiger partial charge on any atom is 0.320 e. The second kappa shape index (κ2) is 4.44. The van der Waals surface area contributed by atoms with Crippen LogP contribution in [0.4, 0.5) is 0 Å². The Balaban J connectivity index is 2.83. The molecule has 0 aliphatic heterocycles. The number of carboxylic acids is 2. The Morgan fingerprint density at radius 1 is 1.47 bits per heavy atom. The maximum absolute atomic E-state index is 10.9. The highest BCUT2D eigenvalue weighted by Gasteiger charge is 2.38. The summed E-state index contributed by atoms with van der Waals surface area (Å²) in [6, 6.07) is -1.12. The summed E-state index contributed by atoms with van der Waals surface area (Å²) in [6.45, 7) is 3.76. The molecule has 1 fully saturated rings. The van der Waals surface area contributed by atoms with Crippen LogP contribution in [0.3, 0.4) is 0 Å². The van der Waals surface area contributed by atoms with Crippen LogP contribution in [0.5, 0.6) is 0 Å². The first-order chi connectivity index (χ1) is 6.93. The molecule has 1 rings (SSSR count). The third-order valence-corrected chi connectivity index (χ3v) is 2.91. The van der Waals surface area contributed by atoms with E-state index >= 15 is 0 Å². The van der Waals surface area contributed by atoms with Gasteiger partial charge in [0.2, 0.25) is 0 Å². The largest absolute Gasteiger partial charge is 0.481 e. The first kappa shape index (κ1) is 11.7. The van der Waals surface area contributed by atoms with Crippen molar-refractivity contribution in [1.29, 1.82) is 0 Å². The van der Waals surface area contributed by atoms with E-state index in [9.17, 15) is 9.59 Å². The van der Waals surface area contributed by atoms with Crippen molar-refractivity contribution in [3.8, 4) is 0 Å². The molecule has 15 heavy (non-hydrogen) atoms. The molecule has 0 amide bonds. The predicted molar refractivity (Wildman–Crippen MR) is 53.2 cm³/mol. The quantitative estimate of drug-likeness (QED) is 0.591. The van der Waals surface area contributed by atoms with E-state index in [1.165, 1.54) is 0 Å². The van der Waals surface area contributed by atoms with Gasteiger partial charge in [0.15, 0.2) is 0 Å². The minimum absolute atomic E-state index is 0.393. The Bertz CT molecular complexity index is 298. The summed E-state index contributed by atoms with van der Waals surface area (Å²) in [4.78, 5) is 21.6. The number of carbonyl (C=O) groups is 2. The number of hydrogen-bond acceptors (Lipinski definition) is 3. The van der Waals surface area contributed by atoms with Crippen LogP contribution in [-0.2, 0) is 9.59 Å². The summed E-state index contributed by atoms with van der Waals surface area (Å²) < 4.78 is 0. The van der Waals surface area contributed by atoms with Crippen LogP contribution in [0.25, 0.3) is 0 Å². The number of carboxylic acid groups (broad SMARTS) is 2. The van der Waals surface area contributed by atoms with Gasteiger partial charge in [-0.05, 0) is 19.3 Å². The van der Waals surface area contributed by atoms with Crippen LogP contribution < -0.4 is 5.73 Å². The summed E-state index contributed by atoms with van der Waals surface area (Å²) in [5.41, 5.74) is 6.36. The van der Waals surface area contributed by atoms with E-state index < -0.39 is 29.8 Å². The molecule has 1 saturated carbocycles. The van der Waals surface area contributed by atoms with Gasteiger partial charge in [-0.15, -0.1) is 0 Å². The highest BCUT2D eigenvalue weighted by Crippen LogP contribution is 2.34. The third-order valence-electron chi connectivity index (χ3n) is 2.91. The lowest BCUT2D eigenvalue weighted by Gasteiger charge is -2.32. The molecular formula is C10H15NO4. The van der Waals surface area contributed by atoms with Crippen LogP contribution >= 0.6 is 0 Å². The molecule has 4 N–H and O–H groups in total. The Morgan fingerprint density at radius 3 is 2.53 bits per heavy atom. The van der Waals surface area contributed by atoms with Gasteiger partial charge in [-0.25, -0.2) is 0 Å². The van der Waals surface area contributed by atoms with E-state index in [1.807, 2.05) is 0 Å². The zero-order valence-corrected chi connectivity index (χ0v) is 8.35. The minimum Gasteiger partial charge on any atom is -0.481 e. The molecule has 1 aliphatic rings. The van der Waals surface area contributed by atoms with Gasteiger partial charge in [0, 0.05) is 5.92 Å². The molecule has 0 aromatic carbocycles. The Hall–Kier alpha value is -1.36. The number of nitrogens with two attached hydrogens (primary N) is 1. The van der Waals surface area contributed by atoms with Crippen molar-refractivity contribution >= 4 is 11.9 Å². The Morgan fingerprint density at radius 2 is 2.07 bits per heavy atom. The molecule has 0 spiro atoms. The van der Waals surface area contributed by atoms with Crippen molar-refractivity contribution < 1.29 is 19.8 Å². The first-order valence-electron chi connectivity index (χ1n) is 4.81. The highest BCUT2D eigenvalue weighted by atomic mass is 16.4. The monoisotopic (exact) mass is 213 g/mol. The summed E-state index contributed by atoms with van der Waals surface area (Å²) in [5.74, 6) is -3.33. The van der Waals surface area contributed by atoms with Crippen molar-refractivity contribution in [1.82, 2.24) is 0 Å². The standard InChI is InChI=1S/C10H15NO4/c1-5-2-3-6(9(12)13)7(4-5)8(11)10(14)15/h6-8H,1-4,11H2,(H,12,13)(H,14,15)/t6?,7?,8-/m0/s1. The molecule has 0 bridgehead atoms. The average molecular weight is 213 g/mol.